The Hall–Kier alpha value is -3.00. The van der Waals surface area contributed by atoms with Crippen LogP contribution in [0.3, 0.4) is 0 Å². The van der Waals surface area contributed by atoms with Gasteiger partial charge in [-0.3, -0.25) is 9.59 Å². The summed E-state index contributed by atoms with van der Waals surface area (Å²) in [4.78, 5) is 30.2. The van der Waals surface area contributed by atoms with Crippen LogP contribution in [0.2, 0.25) is 0 Å². The van der Waals surface area contributed by atoms with E-state index in [-0.39, 0.29) is 17.7 Å². The maximum atomic E-state index is 12.4. The minimum atomic E-state index is -0.179. The predicted molar refractivity (Wildman–Crippen MR) is 121 cm³/mol. The molecule has 0 aliphatic rings. The van der Waals surface area contributed by atoms with Crippen LogP contribution in [0, 0.1) is 0 Å². The third-order valence-corrected chi connectivity index (χ3v) is 5.60. The zero-order valence-corrected chi connectivity index (χ0v) is 18.7. The summed E-state index contributed by atoms with van der Waals surface area (Å²) in [6, 6.07) is 11.1. The number of aryl methyl sites for hydroxylation is 2. The zero-order valence-electron chi connectivity index (χ0n) is 17.9. The number of rotatable bonds is 11. The highest BCUT2D eigenvalue weighted by molar-refractivity contribution is 7.09. The molecule has 2 heterocycles. The molecular weight excluding hydrogens is 412 g/mol. The van der Waals surface area contributed by atoms with Crippen molar-refractivity contribution in [1.29, 1.82) is 0 Å². The van der Waals surface area contributed by atoms with Crippen LogP contribution in [0.4, 0.5) is 5.69 Å². The maximum absolute atomic E-state index is 12.4. The summed E-state index contributed by atoms with van der Waals surface area (Å²) < 4.78 is 5.21. The highest BCUT2D eigenvalue weighted by atomic mass is 32.1. The Morgan fingerprint density at radius 2 is 2.00 bits per heavy atom. The molecule has 164 valence electrons. The molecule has 0 fully saturated rings. The van der Waals surface area contributed by atoms with E-state index in [0.29, 0.717) is 48.8 Å². The van der Waals surface area contributed by atoms with Crippen LogP contribution >= 0.6 is 11.3 Å². The first-order chi connectivity index (χ1) is 15.0. The molecule has 0 aliphatic heterocycles. The van der Waals surface area contributed by atoms with Gasteiger partial charge in [0, 0.05) is 41.4 Å². The van der Waals surface area contributed by atoms with Crippen molar-refractivity contribution in [3.63, 3.8) is 0 Å². The van der Waals surface area contributed by atoms with Gasteiger partial charge in [-0.2, -0.15) is 4.98 Å². The molecule has 3 aromatic rings. The van der Waals surface area contributed by atoms with E-state index >= 15 is 0 Å². The third kappa shape index (κ3) is 7.32. The first-order valence-corrected chi connectivity index (χ1v) is 11.4. The van der Waals surface area contributed by atoms with E-state index in [1.165, 1.54) is 4.88 Å². The number of benzene rings is 1. The average Bonchev–Trinajstić information content (AvgIpc) is 3.43. The van der Waals surface area contributed by atoms with Gasteiger partial charge in [0.2, 0.25) is 11.8 Å². The molecular formula is C23H28N4O3S. The van der Waals surface area contributed by atoms with Crippen molar-refractivity contribution in [3.8, 4) is 0 Å². The Labute approximate surface area is 186 Å². The van der Waals surface area contributed by atoms with E-state index in [1.54, 1.807) is 35.6 Å². The Kier molecular flexibility index (Phi) is 8.35. The molecule has 1 aromatic carbocycles. The van der Waals surface area contributed by atoms with Crippen molar-refractivity contribution in [2.24, 2.45) is 0 Å². The maximum Gasteiger partial charge on any atom is 0.251 e. The van der Waals surface area contributed by atoms with Gasteiger partial charge < -0.3 is 15.2 Å². The minimum Gasteiger partial charge on any atom is -0.352 e. The van der Waals surface area contributed by atoms with E-state index in [9.17, 15) is 9.59 Å². The van der Waals surface area contributed by atoms with Crippen molar-refractivity contribution in [1.82, 2.24) is 15.5 Å². The number of hydrogen-bond acceptors (Lipinski definition) is 6. The van der Waals surface area contributed by atoms with Gasteiger partial charge in [-0.15, -0.1) is 11.3 Å². The van der Waals surface area contributed by atoms with Crippen molar-refractivity contribution < 1.29 is 14.1 Å². The lowest BCUT2D eigenvalue weighted by molar-refractivity contribution is -0.116. The van der Waals surface area contributed by atoms with Crippen LogP contribution in [0.1, 0.15) is 66.0 Å². The van der Waals surface area contributed by atoms with Crippen molar-refractivity contribution in [2.75, 3.05) is 11.9 Å². The number of hydrogen-bond donors (Lipinski definition) is 2. The number of aromatic nitrogens is 2. The lowest BCUT2D eigenvalue weighted by Crippen LogP contribution is -2.25. The second-order valence-corrected chi connectivity index (χ2v) is 8.65. The van der Waals surface area contributed by atoms with E-state index in [0.717, 1.165) is 12.8 Å². The summed E-state index contributed by atoms with van der Waals surface area (Å²) in [7, 11) is 0. The summed E-state index contributed by atoms with van der Waals surface area (Å²) in [5, 5.41) is 11.7. The van der Waals surface area contributed by atoms with Gasteiger partial charge >= 0.3 is 0 Å². The number of thiophene rings is 1. The fraction of sp³-hybridized carbons (Fsp3) is 0.391. The van der Waals surface area contributed by atoms with E-state index in [1.807, 2.05) is 25.3 Å². The van der Waals surface area contributed by atoms with Gasteiger partial charge in [0.05, 0.1) is 0 Å². The Morgan fingerprint density at radius 3 is 2.74 bits per heavy atom. The summed E-state index contributed by atoms with van der Waals surface area (Å²) >= 11 is 1.70. The second kappa shape index (κ2) is 11.4. The van der Waals surface area contributed by atoms with Crippen molar-refractivity contribution in [3.05, 3.63) is 63.9 Å². The zero-order chi connectivity index (χ0) is 22.1. The Balaban J connectivity index is 1.39. The van der Waals surface area contributed by atoms with Gasteiger partial charge in [-0.25, -0.2) is 0 Å². The quantitative estimate of drug-likeness (QED) is 0.426. The van der Waals surface area contributed by atoms with Gasteiger partial charge in [-0.05, 0) is 48.9 Å². The summed E-state index contributed by atoms with van der Waals surface area (Å²) in [5.41, 5.74) is 1.14. The number of carbonyl (C=O) groups is 2. The molecule has 0 radical (unpaired) electrons. The van der Waals surface area contributed by atoms with Crippen molar-refractivity contribution in [2.45, 2.75) is 51.9 Å². The molecule has 2 N–H and O–H groups in total. The first kappa shape index (κ1) is 22.7. The van der Waals surface area contributed by atoms with Crippen molar-refractivity contribution >= 4 is 28.8 Å². The van der Waals surface area contributed by atoms with Gasteiger partial charge in [0.15, 0.2) is 5.82 Å². The van der Waals surface area contributed by atoms with Gasteiger partial charge in [0.1, 0.15) is 0 Å². The number of nitrogens with zero attached hydrogens (tertiary/aromatic N) is 2. The van der Waals surface area contributed by atoms with Crippen LogP contribution in [-0.2, 0) is 17.6 Å². The number of anilines is 1. The Morgan fingerprint density at radius 1 is 1.13 bits per heavy atom. The molecule has 0 bridgehead atoms. The highest BCUT2D eigenvalue weighted by Gasteiger charge is 2.11. The number of amides is 2. The van der Waals surface area contributed by atoms with Crippen LogP contribution in [-0.4, -0.2) is 28.5 Å². The van der Waals surface area contributed by atoms with Crippen LogP contribution < -0.4 is 10.6 Å². The summed E-state index contributed by atoms with van der Waals surface area (Å²) in [5.74, 6) is 1.29. The lowest BCUT2D eigenvalue weighted by atomic mass is 10.1. The second-order valence-electron chi connectivity index (χ2n) is 7.62. The molecule has 0 atom stereocenters. The van der Waals surface area contributed by atoms with Crippen LogP contribution in [0.25, 0.3) is 0 Å². The largest absolute Gasteiger partial charge is 0.352 e. The van der Waals surface area contributed by atoms with Crippen LogP contribution in [0.15, 0.2) is 46.3 Å². The minimum absolute atomic E-state index is 0.0468. The topological polar surface area (TPSA) is 97.1 Å². The molecule has 2 aromatic heterocycles. The van der Waals surface area contributed by atoms with Gasteiger partial charge in [0.25, 0.3) is 5.91 Å². The molecule has 0 spiro atoms. The molecule has 0 aliphatic carbocycles. The fourth-order valence-electron chi connectivity index (χ4n) is 2.99. The molecule has 3 rings (SSSR count). The molecule has 0 saturated heterocycles. The SMILES string of the molecule is CC(C)c1noc(CCCNC(=O)c2cccc(NC(=O)CCCc3cccs3)c2)n1. The molecule has 0 saturated carbocycles. The monoisotopic (exact) mass is 440 g/mol. The number of nitrogens with one attached hydrogen (secondary N) is 2. The smallest absolute Gasteiger partial charge is 0.251 e. The number of carbonyl (C=O) groups excluding carboxylic acids is 2. The average molecular weight is 441 g/mol. The molecule has 7 nitrogen and oxygen atoms in total. The Bertz CT molecular complexity index is 982. The van der Waals surface area contributed by atoms with E-state index < -0.39 is 0 Å². The summed E-state index contributed by atoms with van der Waals surface area (Å²) in [6.45, 7) is 4.52. The van der Waals surface area contributed by atoms with E-state index in [4.69, 9.17) is 4.52 Å². The third-order valence-electron chi connectivity index (χ3n) is 4.67. The molecule has 31 heavy (non-hydrogen) atoms. The molecule has 0 unspecified atom stereocenters. The highest BCUT2D eigenvalue weighted by Crippen LogP contribution is 2.14. The van der Waals surface area contributed by atoms with E-state index in [2.05, 4.69) is 26.8 Å². The lowest BCUT2D eigenvalue weighted by Gasteiger charge is -2.08. The van der Waals surface area contributed by atoms with Crippen LogP contribution in [0.5, 0.6) is 0 Å². The molecule has 8 heteroatoms. The van der Waals surface area contributed by atoms with Gasteiger partial charge in [-0.1, -0.05) is 31.1 Å². The predicted octanol–water partition coefficient (Wildman–Crippen LogP) is 4.58. The standard InChI is InChI=1S/C23H28N4O3S/c1-16(2)22-26-21(30-27-22)12-5-13-24-23(29)17-7-3-8-18(15-17)25-20(28)11-4-9-19-10-6-14-31-19/h3,6-8,10,14-16H,4-5,9,11-13H2,1-2H3,(H,24,29)(H,25,28). The first-order valence-electron chi connectivity index (χ1n) is 10.5. The normalized spacial score (nSPS) is 10.9. The summed E-state index contributed by atoms with van der Waals surface area (Å²) in [6.07, 6.45) is 3.46. The fourth-order valence-corrected chi connectivity index (χ4v) is 3.74. The molecule has 2 amide bonds.